The van der Waals surface area contributed by atoms with E-state index in [2.05, 4.69) is 45.0 Å². The first-order valence-corrected chi connectivity index (χ1v) is 11.9. The highest BCUT2D eigenvalue weighted by Crippen LogP contribution is 2.39. The van der Waals surface area contributed by atoms with Crippen molar-refractivity contribution >= 4 is 23.4 Å². The van der Waals surface area contributed by atoms with Crippen LogP contribution in [0.25, 0.3) is 0 Å². The maximum Gasteiger partial charge on any atom is 0.244 e. The molecule has 3 amide bonds. The fourth-order valence-electron chi connectivity index (χ4n) is 4.84. The highest BCUT2D eigenvalue weighted by atomic mass is 16.2. The van der Waals surface area contributed by atoms with E-state index >= 15 is 0 Å². The zero-order valence-corrected chi connectivity index (χ0v) is 19.9. The first-order valence-electron chi connectivity index (χ1n) is 11.9. The van der Waals surface area contributed by atoms with Crippen LogP contribution >= 0.6 is 0 Å². The number of hydrogen-bond donors (Lipinski definition) is 4. The normalized spacial score (nSPS) is 20.9. The van der Waals surface area contributed by atoms with E-state index < -0.39 is 12.1 Å². The van der Waals surface area contributed by atoms with Crippen LogP contribution in [0.2, 0.25) is 0 Å². The van der Waals surface area contributed by atoms with E-state index in [0.29, 0.717) is 25.2 Å². The summed E-state index contributed by atoms with van der Waals surface area (Å²) in [7, 11) is 0. The molecule has 4 atom stereocenters. The lowest BCUT2D eigenvalue weighted by Crippen LogP contribution is -2.55. The van der Waals surface area contributed by atoms with Crippen LogP contribution in [0.5, 0.6) is 0 Å². The van der Waals surface area contributed by atoms with Gasteiger partial charge in [0.25, 0.3) is 0 Å². The van der Waals surface area contributed by atoms with E-state index in [4.69, 9.17) is 0 Å². The van der Waals surface area contributed by atoms with Crippen LogP contribution in [0, 0.1) is 5.92 Å². The number of aryl methyl sites for hydroxylation is 1. The molecule has 2 aliphatic heterocycles. The lowest BCUT2D eigenvalue weighted by molar-refractivity contribution is -0.127. The molecule has 182 valence electrons. The van der Waals surface area contributed by atoms with Crippen molar-refractivity contribution in [3.8, 4) is 0 Å². The van der Waals surface area contributed by atoms with E-state index in [9.17, 15) is 14.4 Å². The summed E-state index contributed by atoms with van der Waals surface area (Å²) in [6.07, 6.45) is 4.15. The highest BCUT2D eigenvalue weighted by Gasteiger charge is 2.43. The molecule has 0 spiro atoms. The molecule has 3 heterocycles. The molecule has 2 aromatic rings. The van der Waals surface area contributed by atoms with Crippen LogP contribution in [0.1, 0.15) is 50.6 Å². The second kappa shape index (κ2) is 10.3. The number of aromatic amines is 1. The van der Waals surface area contributed by atoms with E-state index in [1.54, 1.807) is 4.90 Å². The van der Waals surface area contributed by atoms with E-state index in [1.165, 1.54) is 13.3 Å². The van der Waals surface area contributed by atoms with Gasteiger partial charge in [-0.25, -0.2) is 4.98 Å². The molecule has 2 aliphatic rings. The third kappa shape index (κ3) is 4.96. The first kappa shape index (κ1) is 23.9. The second-order valence-electron chi connectivity index (χ2n) is 9.20. The number of rotatable bonds is 9. The molecular weight excluding hydrogens is 434 g/mol. The SMILES string of the molecule is CC[C@H](C)[C@@H](CN[C@H]1CCc2cccc3c2N(C1=O)[C@H](C(=O)NCc1ncn[nH]1)C3)NC(C)=O. The zero-order valence-electron chi connectivity index (χ0n) is 19.9. The quantitative estimate of drug-likeness (QED) is 0.432. The van der Waals surface area contributed by atoms with Crippen LogP contribution in [-0.4, -0.2) is 57.6 Å². The van der Waals surface area contributed by atoms with Gasteiger partial charge in [0, 0.05) is 25.9 Å². The van der Waals surface area contributed by atoms with Crippen LogP contribution in [0.4, 0.5) is 5.69 Å². The summed E-state index contributed by atoms with van der Waals surface area (Å²) in [6.45, 7) is 6.39. The number of benzene rings is 1. The molecule has 0 aliphatic carbocycles. The molecule has 0 unspecified atom stereocenters. The molecule has 0 saturated carbocycles. The Morgan fingerprint density at radius 3 is 2.79 bits per heavy atom. The molecule has 4 N–H and O–H groups in total. The summed E-state index contributed by atoms with van der Waals surface area (Å²) >= 11 is 0. The predicted molar refractivity (Wildman–Crippen MR) is 127 cm³/mol. The van der Waals surface area contributed by atoms with Crippen molar-refractivity contribution in [2.75, 3.05) is 11.4 Å². The number of aromatic nitrogens is 3. The Balaban J connectivity index is 1.52. The van der Waals surface area contributed by atoms with Crippen molar-refractivity contribution in [1.29, 1.82) is 0 Å². The number of H-pyrrole nitrogens is 1. The van der Waals surface area contributed by atoms with Gasteiger partial charge in [-0.15, -0.1) is 0 Å². The fourth-order valence-corrected chi connectivity index (χ4v) is 4.84. The van der Waals surface area contributed by atoms with Gasteiger partial charge >= 0.3 is 0 Å². The van der Waals surface area contributed by atoms with Gasteiger partial charge in [-0.2, -0.15) is 5.10 Å². The van der Waals surface area contributed by atoms with Crippen molar-refractivity contribution in [2.45, 2.75) is 71.1 Å². The monoisotopic (exact) mass is 467 g/mol. The average Bonchev–Trinajstić information content (AvgIpc) is 3.45. The first-order chi connectivity index (χ1) is 16.4. The molecule has 0 saturated heterocycles. The summed E-state index contributed by atoms with van der Waals surface area (Å²) in [4.78, 5) is 44.3. The topological polar surface area (TPSA) is 132 Å². The van der Waals surface area contributed by atoms with Crippen LogP contribution in [0.15, 0.2) is 24.5 Å². The van der Waals surface area contributed by atoms with Gasteiger partial charge in [-0.1, -0.05) is 38.5 Å². The Kier molecular flexibility index (Phi) is 7.26. The number of amides is 3. The standard InChI is InChI=1S/C24H33N7O3/c1-4-14(2)19(29-15(3)32)11-25-18-9-8-16-6-5-7-17-10-20(31(22(16)17)24(18)34)23(33)26-12-21-27-13-28-30-21/h5-7,13-14,18-20,25H,4,8-12H2,1-3H3,(H,26,33)(H,29,32)(H,27,28,30)/t14-,18-,19+,20-/m0/s1. The van der Waals surface area contributed by atoms with Crippen molar-refractivity contribution in [3.63, 3.8) is 0 Å². The number of anilines is 1. The van der Waals surface area contributed by atoms with Gasteiger partial charge in [0.1, 0.15) is 18.2 Å². The van der Waals surface area contributed by atoms with E-state index in [1.807, 2.05) is 18.2 Å². The summed E-state index contributed by atoms with van der Waals surface area (Å²) < 4.78 is 0. The summed E-state index contributed by atoms with van der Waals surface area (Å²) in [5.74, 6) is 0.416. The van der Waals surface area contributed by atoms with Gasteiger partial charge in [-0.05, 0) is 29.9 Å². The molecule has 0 fully saturated rings. The molecular formula is C24H33N7O3. The largest absolute Gasteiger partial charge is 0.352 e. The smallest absolute Gasteiger partial charge is 0.244 e. The Hall–Kier alpha value is -3.27. The van der Waals surface area contributed by atoms with E-state index in [0.717, 1.165) is 29.7 Å². The second-order valence-corrected chi connectivity index (χ2v) is 9.20. The number of carbonyl (C=O) groups excluding carboxylic acids is 3. The van der Waals surface area contributed by atoms with Gasteiger partial charge in [0.2, 0.25) is 17.7 Å². The molecule has 1 aromatic heterocycles. The summed E-state index contributed by atoms with van der Waals surface area (Å²) in [5, 5.41) is 15.8. The van der Waals surface area contributed by atoms with E-state index in [-0.39, 0.29) is 36.2 Å². The summed E-state index contributed by atoms with van der Waals surface area (Å²) in [6, 6.07) is 4.89. The molecule has 34 heavy (non-hydrogen) atoms. The molecule has 0 bridgehead atoms. The van der Waals surface area contributed by atoms with Crippen molar-refractivity contribution in [1.82, 2.24) is 31.1 Å². The minimum Gasteiger partial charge on any atom is -0.352 e. The zero-order chi connectivity index (χ0) is 24.2. The van der Waals surface area contributed by atoms with Gasteiger partial charge in [0.15, 0.2) is 0 Å². The lowest BCUT2D eigenvalue weighted by Gasteiger charge is -2.30. The third-order valence-electron chi connectivity index (χ3n) is 6.91. The molecule has 0 radical (unpaired) electrons. The summed E-state index contributed by atoms with van der Waals surface area (Å²) in [5.41, 5.74) is 2.97. The fraction of sp³-hybridized carbons (Fsp3) is 0.542. The lowest BCUT2D eigenvalue weighted by atomic mass is 9.98. The highest BCUT2D eigenvalue weighted by molar-refractivity contribution is 6.06. The molecule has 4 rings (SSSR count). The molecule has 1 aromatic carbocycles. The molecule has 10 heteroatoms. The maximum absolute atomic E-state index is 13.8. The third-order valence-corrected chi connectivity index (χ3v) is 6.91. The maximum atomic E-state index is 13.8. The van der Waals surface area contributed by atoms with Gasteiger partial charge in [-0.3, -0.25) is 24.4 Å². The predicted octanol–water partition coefficient (Wildman–Crippen LogP) is 0.834. The number of nitrogens with one attached hydrogen (secondary N) is 4. The Labute approximate surface area is 199 Å². The van der Waals surface area contributed by atoms with Crippen LogP contribution < -0.4 is 20.9 Å². The van der Waals surface area contributed by atoms with Crippen molar-refractivity contribution in [2.24, 2.45) is 5.92 Å². The minimum atomic E-state index is -0.616. The molecule has 10 nitrogen and oxygen atoms in total. The average molecular weight is 468 g/mol. The Morgan fingerprint density at radius 1 is 1.29 bits per heavy atom. The Bertz CT molecular complexity index is 1040. The minimum absolute atomic E-state index is 0.0731. The number of hydrogen-bond acceptors (Lipinski definition) is 6. The van der Waals surface area contributed by atoms with Gasteiger partial charge < -0.3 is 16.0 Å². The van der Waals surface area contributed by atoms with Crippen molar-refractivity contribution < 1.29 is 14.4 Å². The van der Waals surface area contributed by atoms with Crippen LogP contribution in [0.3, 0.4) is 0 Å². The Morgan fingerprint density at radius 2 is 2.09 bits per heavy atom. The number of nitrogens with zero attached hydrogens (tertiary/aromatic N) is 3. The van der Waals surface area contributed by atoms with Gasteiger partial charge in [0.05, 0.1) is 18.3 Å². The van der Waals surface area contributed by atoms with Crippen LogP contribution in [-0.2, 0) is 33.8 Å². The number of carbonyl (C=O) groups is 3. The number of para-hydroxylation sites is 1. The van der Waals surface area contributed by atoms with Crippen molar-refractivity contribution in [3.05, 3.63) is 41.5 Å².